The van der Waals surface area contributed by atoms with Gasteiger partial charge in [-0.1, -0.05) is 182 Å². The molecule has 0 aliphatic carbocycles. The van der Waals surface area contributed by atoms with Crippen LogP contribution in [0, 0.1) is 0 Å². The highest BCUT2D eigenvalue weighted by atomic mass is 31.2. The minimum atomic E-state index is -2.21. The summed E-state index contributed by atoms with van der Waals surface area (Å²) in [6.07, 6.45) is 0.964. The zero-order chi connectivity index (χ0) is 27.8. The monoisotopic (exact) mass is 564 g/mol. The van der Waals surface area contributed by atoms with Crippen LogP contribution in [0.15, 0.2) is 182 Å². The Morgan fingerprint density at radius 1 is 0.366 bits per heavy atom. The van der Waals surface area contributed by atoms with Crippen LogP contribution in [-0.2, 0) is 6.16 Å². The summed E-state index contributed by atoms with van der Waals surface area (Å²) in [6, 6.07) is 66.9. The van der Waals surface area contributed by atoms with Gasteiger partial charge in [-0.05, 0) is 57.5 Å². The van der Waals surface area contributed by atoms with Gasteiger partial charge in [-0.15, -0.1) is 0 Å². The molecule has 0 aromatic heterocycles. The standard InChI is InChI=1S/C39H34P2/c1-7-19-34(20-8-1)31-40(36-23-11-3-12-24-36,37-25-13-4-14-26-37)33-41(38-27-15-5-16-28-38,39-29-17-6-18-30-39)32-35-21-9-2-10-22-35/h1-31,33H,32H2. The molecule has 0 heterocycles. The van der Waals surface area contributed by atoms with E-state index in [1.807, 2.05) is 0 Å². The SMILES string of the molecule is C(c1ccccc1)=P(C=P(Cc1ccccc1)(c1ccccc1)c1ccccc1)(c1ccccc1)c1ccccc1. The van der Waals surface area contributed by atoms with E-state index in [0.29, 0.717) is 0 Å². The summed E-state index contributed by atoms with van der Waals surface area (Å²) in [7, 11) is 0. The van der Waals surface area contributed by atoms with E-state index in [1.54, 1.807) is 0 Å². The molecule has 0 N–H and O–H groups in total. The largest absolute Gasteiger partial charge is 0.0622 e. The van der Waals surface area contributed by atoms with Crippen molar-refractivity contribution in [2.24, 2.45) is 0 Å². The fourth-order valence-electron chi connectivity index (χ4n) is 5.66. The molecule has 0 aliphatic rings. The predicted octanol–water partition coefficient (Wildman–Crippen LogP) is 8.13. The molecule has 0 saturated heterocycles. The molecule has 6 aromatic rings. The molecule has 0 spiro atoms. The number of benzene rings is 6. The van der Waals surface area contributed by atoms with E-state index in [0.717, 1.165) is 6.16 Å². The Morgan fingerprint density at radius 2 is 0.707 bits per heavy atom. The van der Waals surface area contributed by atoms with Crippen LogP contribution in [-0.4, -0.2) is 11.3 Å². The van der Waals surface area contributed by atoms with Crippen LogP contribution in [0.3, 0.4) is 0 Å². The molecule has 200 valence electrons. The fourth-order valence-corrected chi connectivity index (χ4v) is 16.3. The third-order valence-electron chi connectivity index (χ3n) is 7.61. The summed E-state index contributed by atoms with van der Waals surface area (Å²) in [5.74, 6) is 2.59. The van der Waals surface area contributed by atoms with Crippen molar-refractivity contribution >= 4 is 46.3 Å². The maximum absolute atomic E-state index is 2.84. The molecular formula is C39H34P2. The first-order valence-electron chi connectivity index (χ1n) is 14.1. The second kappa shape index (κ2) is 12.6. The Labute approximate surface area is 244 Å². The molecule has 0 unspecified atom stereocenters. The molecule has 0 atom stereocenters. The van der Waals surface area contributed by atoms with Gasteiger partial charge >= 0.3 is 0 Å². The lowest BCUT2D eigenvalue weighted by Gasteiger charge is -2.34. The Balaban J connectivity index is 1.83. The Kier molecular flexibility index (Phi) is 8.34. The zero-order valence-electron chi connectivity index (χ0n) is 23.1. The molecule has 0 aliphatic heterocycles. The van der Waals surface area contributed by atoms with Gasteiger partial charge in [-0.2, -0.15) is 0 Å². The molecule has 2 heteroatoms. The summed E-state index contributed by atoms with van der Waals surface area (Å²) >= 11 is 0. The molecule has 0 fully saturated rings. The second-order valence-corrected chi connectivity index (χ2v) is 17.1. The van der Waals surface area contributed by atoms with Gasteiger partial charge in [0.1, 0.15) is 0 Å². The highest BCUT2D eigenvalue weighted by Gasteiger charge is 2.30. The van der Waals surface area contributed by atoms with Gasteiger partial charge in [0.05, 0.1) is 0 Å². The molecule has 0 amide bonds. The second-order valence-electron chi connectivity index (χ2n) is 10.3. The maximum Gasteiger partial charge on any atom is 0.000159 e. The zero-order valence-corrected chi connectivity index (χ0v) is 24.9. The highest BCUT2D eigenvalue weighted by Crippen LogP contribution is 2.57. The van der Waals surface area contributed by atoms with Gasteiger partial charge in [0.15, 0.2) is 0 Å². The lowest BCUT2D eigenvalue weighted by atomic mass is 10.2. The van der Waals surface area contributed by atoms with Gasteiger partial charge < -0.3 is 0 Å². The van der Waals surface area contributed by atoms with Gasteiger partial charge in [0, 0.05) is 6.16 Å². The van der Waals surface area contributed by atoms with E-state index in [2.05, 4.69) is 193 Å². The fraction of sp³-hybridized carbons (Fsp3) is 0.0256. The van der Waals surface area contributed by atoms with Crippen molar-refractivity contribution in [3.8, 4) is 0 Å². The summed E-state index contributed by atoms with van der Waals surface area (Å²) in [5.41, 5.74) is 5.46. The van der Waals surface area contributed by atoms with Crippen molar-refractivity contribution in [3.05, 3.63) is 193 Å². The van der Waals surface area contributed by atoms with Gasteiger partial charge in [0.25, 0.3) is 0 Å². The van der Waals surface area contributed by atoms with Crippen LogP contribution >= 0.6 is 13.8 Å². The number of rotatable bonds is 8. The number of hydrogen-bond acceptors (Lipinski definition) is 0. The molecule has 41 heavy (non-hydrogen) atoms. The van der Waals surface area contributed by atoms with Crippen molar-refractivity contribution in [3.63, 3.8) is 0 Å². The van der Waals surface area contributed by atoms with Crippen LogP contribution in [0.5, 0.6) is 0 Å². The molecule has 6 aromatic carbocycles. The van der Waals surface area contributed by atoms with E-state index in [1.165, 1.54) is 32.3 Å². The summed E-state index contributed by atoms with van der Waals surface area (Å²) in [5, 5.41) is 5.57. The normalized spacial score (nSPS) is 11.5. The average molecular weight is 565 g/mol. The summed E-state index contributed by atoms with van der Waals surface area (Å²) < 4.78 is 0. The van der Waals surface area contributed by atoms with Crippen molar-refractivity contribution < 1.29 is 0 Å². The molecule has 0 bridgehead atoms. The summed E-state index contributed by atoms with van der Waals surface area (Å²) in [6.45, 7) is -4.33. The Morgan fingerprint density at radius 3 is 1.12 bits per heavy atom. The topological polar surface area (TPSA) is 0 Å². The molecule has 0 nitrogen and oxygen atoms in total. The van der Waals surface area contributed by atoms with Crippen LogP contribution < -0.4 is 21.2 Å². The maximum atomic E-state index is 2.84. The van der Waals surface area contributed by atoms with E-state index in [9.17, 15) is 0 Å². The first-order chi connectivity index (χ1) is 20.3. The van der Waals surface area contributed by atoms with E-state index in [-0.39, 0.29) is 0 Å². The van der Waals surface area contributed by atoms with Crippen molar-refractivity contribution in [1.29, 1.82) is 0 Å². The third kappa shape index (κ3) is 5.87. The predicted molar refractivity (Wildman–Crippen MR) is 186 cm³/mol. The van der Waals surface area contributed by atoms with E-state index < -0.39 is 13.8 Å². The van der Waals surface area contributed by atoms with Gasteiger partial charge in [-0.3, -0.25) is 0 Å². The first kappa shape index (κ1) is 27.1. The molecule has 0 saturated carbocycles. The summed E-state index contributed by atoms with van der Waals surface area (Å²) in [4.78, 5) is 0. The minimum absolute atomic E-state index is 0.964. The Bertz CT molecular complexity index is 1690. The van der Waals surface area contributed by atoms with Crippen molar-refractivity contribution in [2.45, 2.75) is 6.16 Å². The van der Waals surface area contributed by atoms with Crippen molar-refractivity contribution in [2.75, 3.05) is 0 Å². The molecule has 0 radical (unpaired) electrons. The Hall–Kier alpha value is -4.08. The molecular weight excluding hydrogens is 530 g/mol. The first-order valence-corrected chi connectivity index (χ1v) is 18.1. The average Bonchev–Trinajstić information content (AvgIpc) is 3.06. The van der Waals surface area contributed by atoms with Crippen molar-refractivity contribution in [1.82, 2.24) is 0 Å². The smallest absolute Gasteiger partial charge is 0.000159 e. The minimum Gasteiger partial charge on any atom is -0.0622 e. The van der Waals surface area contributed by atoms with E-state index in [4.69, 9.17) is 0 Å². The van der Waals surface area contributed by atoms with Gasteiger partial charge in [0.2, 0.25) is 0 Å². The third-order valence-corrected chi connectivity index (χ3v) is 17.0. The van der Waals surface area contributed by atoms with Crippen LogP contribution in [0.2, 0.25) is 0 Å². The van der Waals surface area contributed by atoms with E-state index >= 15 is 0 Å². The quantitative estimate of drug-likeness (QED) is 0.164. The lowest BCUT2D eigenvalue weighted by molar-refractivity contribution is 1.40. The highest BCUT2D eigenvalue weighted by molar-refractivity contribution is 8.12. The molecule has 6 rings (SSSR count). The van der Waals surface area contributed by atoms with Crippen LogP contribution in [0.25, 0.3) is 0 Å². The van der Waals surface area contributed by atoms with Gasteiger partial charge in [-0.25, -0.2) is 0 Å². The number of hydrogen-bond donors (Lipinski definition) is 0. The van der Waals surface area contributed by atoms with Crippen LogP contribution in [0.1, 0.15) is 11.1 Å². The lowest BCUT2D eigenvalue weighted by Crippen LogP contribution is -2.25. The van der Waals surface area contributed by atoms with Crippen LogP contribution in [0.4, 0.5) is 0 Å².